The fraction of sp³-hybridized carbons (Fsp3) is 0.867. The van der Waals surface area contributed by atoms with Crippen LogP contribution in [0, 0.1) is 0 Å². The number of primary amides is 1. The summed E-state index contributed by atoms with van der Waals surface area (Å²) in [7, 11) is -3.31. The molecule has 138 valence electrons. The van der Waals surface area contributed by atoms with Crippen LogP contribution in [0.1, 0.15) is 45.4 Å². The molecule has 2 aliphatic rings. The lowest BCUT2D eigenvalue weighted by atomic mass is 10.0. The maximum atomic E-state index is 12.9. The van der Waals surface area contributed by atoms with Gasteiger partial charge < -0.3 is 16.0 Å². The number of carbonyl (C=O) groups is 2. The van der Waals surface area contributed by atoms with Crippen molar-refractivity contribution < 1.29 is 18.0 Å². The maximum Gasteiger partial charge on any atom is 0.312 e. The van der Waals surface area contributed by atoms with E-state index in [2.05, 4.69) is 5.32 Å². The molecule has 0 aromatic rings. The Bertz CT molecular complexity index is 558. The van der Waals surface area contributed by atoms with Crippen LogP contribution in [0.15, 0.2) is 0 Å². The number of amides is 3. The van der Waals surface area contributed by atoms with Crippen molar-refractivity contribution in [2.24, 2.45) is 5.73 Å². The molecule has 3 N–H and O–H groups in total. The third-order valence-electron chi connectivity index (χ3n) is 4.75. The van der Waals surface area contributed by atoms with Gasteiger partial charge in [-0.05, 0) is 25.7 Å². The summed E-state index contributed by atoms with van der Waals surface area (Å²) in [5.74, 6) is 0.0273. The van der Waals surface area contributed by atoms with E-state index in [0.717, 1.165) is 12.8 Å². The van der Waals surface area contributed by atoms with E-state index in [9.17, 15) is 18.0 Å². The summed E-state index contributed by atoms with van der Waals surface area (Å²) in [4.78, 5) is 25.6. The van der Waals surface area contributed by atoms with E-state index in [0.29, 0.717) is 45.3 Å². The molecule has 1 unspecified atom stereocenters. The van der Waals surface area contributed by atoms with Gasteiger partial charge in [0, 0.05) is 25.7 Å². The first-order valence-corrected chi connectivity index (χ1v) is 10.3. The Balaban J connectivity index is 2.02. The lowest BCUT2D eigenvalue weighted by Crippen LogP contribution is -2.53. The van der Waals surface area contributed by atoms with Crippen LogP contribution >= 0.6 is 0 Å². The molecule has 2 fully saturated rings. The van der Waals surface area contributed by atoms with Gasteiger partial charge in [0.25, 0.3) is 0 Å². The van der Waals surface area contributed by atoms with Gasteiger partial charge in [-0.3, -0.25) is 4.79 Å². The second-order valence-corrected chi connectivity index (χ2v) is 8.59. The summed E-state index contributed by atoms with van der Waals surface area (Å²) in [6, 6.07) is -1.15. The van der Waals surface area contributed by atoms with Crippen LogP contribution < -0.4 is 11.1 Å². The summed E-state index contributed by atoms with van der Waals surface area (Å²) in [5, 5.41) is 2.67. The summed E-state index contributed by atoms with van der Waals surface area (Å²) in [6.45, 7) is 3.49. The number of nitrogens with one attached hydrogen (secondary N) is 1. The van der Waals surface area contributed by atoms with E-state index in [1.54, 1.807) is 4.90 Å². The van der Waals surface area contributed by atoms with Crippen molar-refractivity contribution >= 4 is 22.0 Å². The Kier molecular flexibility index (Phi) is 6.45. The Labute approximate surface area is 143 Å². The molecule has 0 saturated carbocycles. The summed E-state index contributed by atoms with van der Waals surface area (Å²) in [5.41, 5.74) is 5.13. The highest BCUT2D eigenvalue weighted by Crippen LogP contribution is 2.23. The first kappa shape index (κ1) is 19.0. The Hall–Kier alpha value is -1.35. The number of nitrogens with two attached hydrogens (primary N) is 1. The third kappa shape index (κ3) is 4.60. The summed E-state index contributed by atoms with van der Waals surface area (Å²) >= 11 is 0. The molecule has 2 aliphatic heterocycles. The quantitative estimate of drug-likeness (QED) is 0.706. The van der Waals surface area contributed by atoms with Gasteiger partial charge in [-0.2, -0.15) is 4.31 Å². The van der Waals surface area contributed by atoms with E-state index >= 15 is 0 Å². The predicted octanol–water partition coefficient (Wildman–Crippen LogP) is 0.240. The second kappa shape index (κ2) is 8.15. The van der Waals surface area contributed by atoms with Crippen molar-refractivity contribution in [3.8, 4) is 0 Å². The monoisotopic (exact) mass is 360 g/mol. The number of likely N-dealkylation sites (tertiary alicyclic amines) is 1. The molecular formula is C15H28N4O4S. The topological polar surface area (TPSA) is 113 Å². The summed E-state index contributed by atoms with van der Waals surface area (Å²) in [6.07, 6.45) is 4.17. The fourth-order valence-corrected chi connectivity index (χ4v) is 5.17. The molecule has 2 heterocycles. The van der Waals surface area contributed by atoms with Gasteiger partial charge >= 0.3 is 6.03 Å². The second-order valence-electron chi connectivity index (χ2n) is 6.55. The molecule has 8 nitrogen and oxygen atoms in total. The minimum Gasteiger partial charge on any atom is -0.352 e. The van der Waals surface area contributed by atoms with Crippen molar-refractivity contribution in [1.29, 1.82) is 0 Å². The molecular weight excluding hydrogens is 332 g/mol. The Morgan fingerprint density at radius 1 is 1.25 bits per heavy atom. The van der Waals surface area contributed by atoms with Gasteiger partial charge in [0.15, 0.2) is 0 Å². The normalized spacial score (nSPS) is 23.1. The molecule has 1 atom stereocenters. The summed E-state index contributed by atoms with van der Waals surface area (Å²) < 4.78 is 25.8. The average molecular weight is 360 g/mol. The largest absolute Gasteiger partial charge is 0.352 e. The maximum absolute atomic E-state index is 12.9. The zero-order valence-corrected chi connectivity index (χ0v) is 15.1. The van der Waals surface area contributed by atoms with Gasteiger partial charge in [-0.25, -0.2) is 13.2 Å². The number of urea groups is 1. The zero-order valence-electron chi connectivity index (χ0n) is 14.2. The van der Waals surface area contributed by atoms with Crippen LogP contribution in [0.25, 0.3) is 0 Å². The first-order chi connectivity index (χ1) is 11.3. The van der Waals surface area contributed by atoms with Crippen molar-refractivity contribution in [2.75, 3.05) is 25.4 Å². The Morgan fingerprint density at radius 2 is 1.92 bits per heavy atom. The molecule has 24 heavy (non-hydrogen) atoms. The SMILES string of the molecule is CCCCC(C(=O)N1CCC(NC(N)=O)CC1)N1CCCS1(=O)=O. The zero-order chi connectivity index (χ0) is 17.7. The predicted molar refractivity (Wildman–Crippen MR) is 90.7 cm³/mol. The number of nitrogens with zero attached hydrogens (tertiary/aromatic N) is 2. The number of unbranched alkanes of at least 4 members (excludes halogenated alkanes) is 1. The highest BCUT2D eigenvalue weighted by atomic mass is 32.2. The molecule has 2 rings (SSSR count). The van der Waals surface area contributed by atoms with Crippen LogP contribution in [0.5, 0.6) is 0 Å². The van der Waals surface area contributed by atoms with E-state index < -0.39 is 22.1 Å². The molecule has 0 spiro atoms. The standard InChI is InChI=1S/C15H28N4O4S/c1-2-3-5-13(19-8-4-11-24(19,22)23)14(20)18-9-6-12(7-10-18)17-15(16)21/h12-13H,2-11H2,1H3,(H3,16,17,21). The van der Waals surface area contributed by atoms with Crippen molar-refractivity contribution in [1.82, 2.24) is 14.5 Å². The van der Waals surface area contributed by atoms with E-state index in [-0.39, 0.29) is 17.7 Å². The van der Waals surface area contributed by atoms with Crippen molar-refractivity contribution in [3.63, 3.8) is 0 Å². The molecule has 3 amide bonds. The number of sulfonamides is 1. The third-order valence-corrected chi connectivity index (χ3v) is 6.71. The average Bonchev–Trinajstić information content (AvgIpc) is 2.87. The van der Waals surface area contributed by atoms with Gasteiger partial charge in [-0.1, -0.05) is 19.8 Å². The van der Waals surface area contributed by atoms with Crippen LogP contribution in [-0.2, 0) is 14.8 Å². The van der Waals surface area contributed by atoms with Gasteiger partial charge in [0.1, 0.15) is 6.04 Å². The lowest BCUT2D eigenvalue weighted by Gasteiger charge is -2.36. The highest BCUT2D eigenvalue weighted by Gasteiger charge is 2.40. The van der Waals surface area contributed by atoms with Gasteiger partial charge in [0.05, 0.1) is 5.75 Å². The number of rotatable bonds is 6. The van der Waals surface area contributed by atoms with E-state index in [1.807, 2.05) is 6.92 Å². The highest BCUT2D eigenvalue weighted by molar-refractivity contribution is 7.89. The van der Waals surface area contributed by atoms with Crippen LogP contribution in [0.3, 0.4) is 0 Å². The van der Waals surface area contributed by atoms with Gasteiger partial charge in [-0.15, -0.1) is 0 Å². The van der Waals surface area contributed by atoms with E-state index in [4.69, 9.17) is 5.73 Å². The molecule has 0 bridgehead atoms. The Morgan fingerprint density at radius 3 is 2.42 bits per heavy atom. The number of hydrogen-bond acceptors (Lipinski definition) is 4. The lowest BCUT2D eigenvalue weighted by molar-refractivity contribution is -0.136. The van der Waals surface area contributed by atoms with Crippen molar-refractivity contribution in [3.05, 3.63) is 0 Å². The molecule has 9 heteroatoms. The number of piperidine rings is 1. The van der Waals surface area contributed by atoms with Crippen LogP contribution in [0.4, 0.5) is 4.79 Å². The molecule has 0 aromatic carbocycles. The number of carbonyl (C=O) groups excluding carboxylic acids is 2. The number of hydrogen-bond donors (Lipinski definition) is 2. The molecule has 2 saturated heterocycles. The minimum absolute atomic E-state index is 0.0174. The minimum atomic E-state index is -3.31. The van der Waals surface area contributed by atoms with Gasteiger partial charge in [0.2, 0.25) is 15.9 Å². The smallest absolute Gasteiger partial charge is 0.312 e. The first-order valence-electron chi connectivity index (χ1n) is 8.69. The molecule has 0 radical (unpaired) electrons. The van der Waals surface area contributed by atoms with Crippen LogP contribution in [-0.4, -0.2) is 67.0 Å². The van der Waals surface area contributed by atoms with Crippen LogP contribution in [0.2, 0.25) is 0 Å². The fourth-order valence-electron chi connectivity index (χ4n) is 3.45. The molecule has 0 aliphatic carbocycles. The molecule has 0 aromatic heterocycles. The van der Waals surface area contributed by atoms with E-state index in [1.165, 1.54) is 4.31 Å². The van der Waals surface area contributed by atoms with Crippen molar-refractivity contribution in [2.45, 2.75) is 57.5 Å².